The van der Waals surface area contributed by atoms with E-state index in [1.807, 2.05) is 18.7 Å². The Kier molecular flexibility index (Phi) is 6.76. The van der Waals surface area contributed by atoms with Gasteiger partial charge in [0.1, 0.15) is 0 Å². The topological polar surface area (TPSA) is 40.5 Å². The highest BCUT2D eigenvalue weighted by Crippen LogP contribution is 2.28. The Morgan fingerprint density at radius 1 is 1.24 bits per heavy atom. The molecule has 0 aromatic heterocycles. The van der Waals surface area contributed by atoms with E-state index in [4.69, 9.17) is 5.11 Å². The number of hydrogen-bond donors (Lipinski definition) is 1. The Morgan fingerprint density at radius 2 is 1.76 bits per heavy atom. The number of rotatable bonds is 6. The molecule has 0 saturated heterocycles. The average Bonchev–Trinajstić information content (AvgIpc) is 2.16. The maximum Gasteiger partial charge on any atom is 0.223 e. The van der Waals surface area contributed by atoms with E-state index in [9.17, 15) is 4.79 Å². The van der Waals surface area contributed by atoms with Crippen LogP contribution < -0.4 is 0 Å². The third kappa shape index (κ3) is 6.06. The third-order valence-corrected chi connectivity index (χ3v) is 3.46. The zero-order chi connectivity index (χ0) is 13.6. The van der Waals surface area contributed by atoms with Crippen molar-refractivity contribution in [3.05, 3.63) is 0 Å². The van der Waals surface area contributed by atoms with Crippen molar-refractivity contribution in [1.29, 1.82) is 0 Å². The average molecular weight is 243 g/mol. The largest absolute Gasteiger partial charge is 0.396 e. The van der Waals surface area contributed by atoms with Crippen LogP contribution in [0.1, 0.15) is 54.4 Å². The summed E-state index contributed by atoms with van der Waals surface area (Å²) in [4.78, 5) is 14.1. The van der Waals surface area contributed by atoms with Gasteiger partial charge in [0.15, 0.2) is 0 Å². The number of carbonyl (C=O) groups excluding carboxylic acids is 1. The second-order valence-electron chi connectivity index (χ2n) is 6.23. The van der Waals surface area contributed by atoms with Crippen molar-refractivity contribution in [1.82, 2.24) is 4.90 Å². The monoisotopic (exact) mass is 243 g/mol. The molecule has 0 aliphatic heterocycles. The van der Waals surface area contributed by atoms with Crippen molar-refractivity contribution >= 4 is 5.91 Å². The quantitative estimate of drug-likeness (QED) is 0.779. The SMILES string of the molecule is CC(C)N(CCCO)C(=O)CC(C)C(C)(C)C. The van der Waals surface area contributed by atoms with Gasteiger partial charge in [0, 0.05) is 25.6 Å². The van der Waals surface area contributed by atoms with Crippen LogP contribution in [0.2, 0.25) is 0 Å². The van der Waals surface area contributed by atoms with Crippen molar-refractivity contribution in [3.63, 3.8) is 0 Å². The molecule has 0 fully saturated rings. The van der Waals surface area contributed by atoms with Crippen LogP contribution in [0.3, 0.4) is 0 Å². The van der Waals surface area contributed by atoms with Crippen molar-refractivity contribution in [2.75, 3.05) is 13.2 Å². The standard InChI is InChI=1S/C14H29NO2/c1-11(2)15(8-7-9-16)13(17)10-12(3)14(4,5)6/h11-12,16H,7-10H2,1-6H3. The summed E-state index contributed by atoms with van der Waals surface area (Å²) in [5.41, 5.74) is 0.162. The molecule has 0 bridgehead atoms. The molecular formula is C14H29NO2. The van der Waals surface area contributed by atoms with Gasteiger partial charge >= 0.3 is 0 Å². The van der Waals surface area contributed by atoms with Gasteiger partial charge in [-0.3, -0.25) is 4.79 Å². The van der Waals surface area contributed by atoms with Crippen LogP contribution in [-0.2, 0) is 4.79 Å². The van der Waals surface area contributed by atoms with Gasteiger partial charge in [0.05, 0.1) is 0 Å². The van der Waals surface area contributed by atoms with Crippen LogP contribution in [0.15, 0.2) is 0 Å². The number of aliphatic hydroxyl groups excluding tert-OH is 1. The molecule has 102 valence electrons. The Balaban J connectivity index is 4.42. The Hall–Kier alpha value is -0.570. The second-order valence-corrected chi connectivity index (χ2v) is 6.23. The van der Waals surface area contributed by atoms with Crippen molar-refractivity contribution in [2.45, 2.75) is 60.4 Å². The summed E-state index contributed by atoms with van der Waals surface area (Å²) >= 11 is 0. The van der Waals surface area contributed by atoms with E-state index in [0.29, 0.717) is 25.3 Å². The molecule has 1 N–H and O–H groups in total. The Labute approximate surface area is 106 Å². The molecule has 3 nitrogen and oxygen atoms in total. The maximum absolute atomic E-state index is 12.2. The van der Waals surface area contributed by atoms with E-state index in [0.717, 1.165) is 0 Å². The molecule has 0 rings (SSSR count). The summed E-state index contributed by atoms with van der Waals surface area (Å²) in [6, 6.07) is 0.209. The van der Waals surface area contributed by atoms with Gasteiger partial charge in [-0.2, -0.15) is 0 Å². The molecule has 0 spiro atoms. The molecule has 0 heterocycles. The second kappa shape index (κ2) is 7.00. The van der Waals surface area contributed by atoms with Gasteiger partial charge in [0.25, 0.3) is 0 Å². The summed E-state index contributed by atoms with van der Waals surface area (Å²) in [7, 11) is 0. The fraction of sp³-hybridized carbons (Fsp3) is 0.929. The first kappa shape index (κ1) is 16.4. The molecular weight excluding hydrogens is 214 g/mol. The smallest absolute Gasteiger partial charge is 0.223 e. The molecule has 17 heavy (non-hydrogen) atoms. The summed E-state index contributed by atoms with van der Waals surface area (Å²) in [5.74, 6) is 0.571. The fourth-order valence-electron chi connectivity index (χ4n) is 1.60. The van der Waals surface area contributed by atoms with E-state index < -0.39 is 0 Å². The van der Waals surface area contributed by atoms with Crippen LogP contribution in [0.5, 0.6) is 0 Å². The Morgan fingerprint density at radius 3 is 2.12 bits per heavy atom. The number of aliphatic hydroxyl groups is 1. The van der Waals surface area contributed by atoms with E-state index in [-0.39, 0.29) is 24.0 Å². The van der Waals surface area contributed by atoms with Gasteiger partial charge in [0.2, 0.25) is 5.91 Å². The van der Waals surface area contributed by atoms with Gasteiger partial charge in [-0.05, 0) is 31.6 Å². The number of amides is 1. The summed E-state index contributed by atoms with van der Waals surface area (Å²) in [5, 5.41) is 8.85. The lowest BCUT2D eigenvalue weighted by molar-refractivity contribution is -0.134. The third-order valence-electron chi connectivity index (χ3n) is 3.46. The number of nitrogens with zero attached hydrogens (tertiary/aromatic N) is 1. The lowest BCUT2D eigenvalue weighted by Gasteiger charge is -2.32. The molecule has 1 unspecified atom stereocenters. The number of hydrogen-bond acceptors (Lipinski definition) is 2. The molecule has 0 radical (unpaired) electrons. The zero-order valence-corrected chi connectivity index (χ0v) is 12.3. The summed E-state index contributed by atoms with van der Waals surface area (Å²) in [6.45, 7) is 13.5. The number of carbonyl (C=O) groups is 1. The maximum atomic E-state index is 12.2. The van der Waals surface area contributed by atoms with Crippen LogP contribution in [0.25, 0.3) is 0 Å². The van der Waals surface area contributed by atoms with E-state index in [2.05, 4.69) is 27.7 Å². The molecule has 0 aliphatic rings. The molecule has 3 heteroatoms. The summed E-state index contributed by atoms with van der Waals surface area (Å²) < 4.78 is 0. The van der Waals surface area contributed by atoms with Gasteiger partial charge < -0.3 is 10.0 Å². The first-order chi connectivity index (χ1) is 7.70. The zero-order valence-electron chi connectivity index (χ0n) is 12.3. The predicted octanol–water partition coefficient (Wildman–Crippen LogP) is 2.68. The van der Waals surface area contributed by atoms with Crippen LogP contribution in [0.4, 0.5) is 0 Å². The molecule has 0 aromatic carbocycles. The van der Waals surface area contributed by atoms with E-state index >= 15 is 0 Å². The van der Waals surface area contributed by atoms with Crippen molar-refractivity contribution in [2.24, 2.45) is 11.3 Å². The highest BCUT2D eigenvalue weighted by molar-refractivity contribution is 5.76. The van der Waals surface area contributed by atoms with Crippen molar-refractivity contribution in [3.8, 4) is 0 Å². The molecule has 1 atom stereocenters. The minimum atomic E-state index is 0.144. The minimum Gasteiger partial charge on any atom is -0.396 e. The Bertz CT molecular complexity index is 231. The lowest BCUT2D eigenvalue weighted by Crippen LogP contribution is -2.39. The molecule has 0 aromatic rings. The minimum absolute atomic E-state index is 0.144. The van der Waals surface area contributed by atoms with Gasteiger partial charge in [-0.25, -0.2) is 0 Å². The first-order valence-electron chi connectivity index (χ1n) is 6.60. The van der Waals surface area contributed by atoms with E-state index in [1.54, 1.807) is 0 Å². The van der Waals surface area contributed by atoms with Gasteiger partial charge in [-0.15, -0.1) is 0 Å². The molecule has 0 saturated carbocycles. The van der Waals surface area contributed by atoms with Gasteiger partial charge in [-0.1, -0.05) is 27.7 Å². The highest BCUT2D eigenvalue weighted by Gasteiger charge is 2.25. The van der Waals surface area contributed by atoms with Crippen LogP contribution in [0, 0.1) is 11.3 Å². The lowest BCUT2D eigenvalue weighted by atomic mass is 9.80. The first-order valence-corrected chi connectivity index (χ1v) is 6.60. The van der Waals surface area contributed by atoms with E-state index in [1.165, 1.54) is 0 Å². The van der Waals surface area contributed by atoms with Crippen LogP contribution >= 0.6 is 0 Å². The molecule has 0 aliphatic carbocycles. The van der Waals surface area contributed by atoms with Crippen LogP contribution in [-0.4, -0.2) is 35.1 Å². The summed E-state index contributed by atoms with van der Waals surface area (Å²) in [6.07, 6.45) is 1.25. The predicted molar refractivity (Wildman–Crippen MR) is 71.8 cm³/mol. The fourth-order valence-corrected chi connectivity index (χ4v) is 1.60. The normalized spacial score (nSPS) is 13.9. The highest BCUT2D eigenvalue weighted by atomic mass is 16.3. The van der Waals surface area contributed by atoms with Crippen molar-refractivity contribution < 1.29 is 9.90 Å². The molecule has 1 amide bonds.